The summed E-state index contributed by atoms with van der Waals surface area (Å²) in [5.41, 5.74) is 6.27. The first-order valence-electron chi connectivity index (χ1n) is 13.1. The number of nitrogen functional groups attached to an aromatic ring is 1. The summed E-state index contributed by atoms with van der Waals surface area (Å²) in [6.07, 6.45) is 0. The normalized spacial score (nSPS) is 12.5. The molecule has 0 saturated heterocycles. The van der Waals surface area contributed by atoms with E-state index in [2.05, 4.69) is 20.5 Å². The Labute approximate surface area is 254 Å². The van der Waals surface area contributed by atoms with Gasteiger partial charge in [-0.1, -0.05) is 26.0 Å². The predicted molar refractivity (Wildman–Crippen MR) is 164 cm³/mol. The molecule has 0 bridgehead atoms. The fourth-order valence-corrected chi connectivity index (χ4v) is 6.47. The van der Waals surface area contributed by atoms with Gasteiger partial charge in [0.2, 0.25) is 10.0 Å². The van der Waals surface area contributed by atoms with E-state index < -0.39 is 36.5 Å². The van der Waals surface area contributed by atoms with Crippen LogP contribution in [0.4, 0.5) is 28.4 Å². The lowest BCUT2D eigenvalue weighted by Crippen LogP contribution is -2.30. The third-order valence-electron chi connectivity index (χ3n) is 6.58. The molecule has 232 valence electrons. The van der Waals surface area contributed by atoms with Gasteiger partial charge >= 0.3 is 0 Å². The van der Waals surface area contributed by atoms with Crippen LogP contribution >= 0.6 is 0 Å². The highest BCUT2D eigenvalue weighted by atomic mass is 32.2. The molecular weight excluding hydrogens is 612 g/mol. The smallest absolute Gasteiger partial charge is 0.296 e. The summed E-state index contributed by atoms with van der Waals surface area (Å²) < 4.78 is 71.8. The fourth-order valence-electron chi connectivity index (χ4n) is 4.36. The Morgan fingerprint density at radius 1 is 0.818 bits per heavy atom. The molecule has 0 aliphatic heterocycles. The molecule has 0 aliphatic rings. The van der Waals surface area contributed by atoms with Crippen LogP contribution in [0.15, 0.2) is 90.9 Å². The molecule has 0 atom stereocenters. The molecule has 4 rings (SSSR count). The summed E-state index contributed by atoms with van der Waals surface area (Å²) in [6, 6.07) is 14.5. The predicted octanol–water partition coefficient (Wildman–Crippen LogP) is 6.25. The van der Waals surface area contributed by atoms with Gasteiger partial charge < -0.3 is 20.3 Å². The topological polar surface area (TPSA) is 206 Å². The van der Waals surface area contributed by atoms with Crippen molar-refractivity contribution in [3.8, 4) is 17.2 Å². The third kappa shape index (κ3) is 6.47. The van der Waals surface area contributed by atoms with E-state index in [1.807, 2.05) is 0 Å². The van der Waals surface area contributed by atoms with E-state index in [9.17, 15) is 26.5 Å². The zero-order chi connectivity index (χ0) is 32.2. The van der Waals surface area contributed by atoms with Crippen LogP contribution in [0.25, 0.3) is 10.8 Å². The molecule has 0 heterocycles. The van der Waals surface area contributed by atoms with E-state index in [-0.39, 0.29) is 44.2 Å². The number of ether oxygens (including phenoxy) is 2. The number of methoxy groups -OCH3 is 2. The largest absolute Gasteiger partial charge is 0.505 e. The van der Waals surface area contributed by atoms with Crippen molar-refractivity contribution >= 4 is 59.4 Å². The maximum Gasteiger partial charge on any atom is 0.296 e. The molecule has 14 nitrogen and oxygen atoms in total. The molecule has 4 N–H and O–H groups in total. The Kier molecular flexibility index (Phi) is 9.48. The highest BCUT2D eigenvalue weighted by Gasteiger charge is 2.24. The van der Waals surface area contributed by atoms with Gasteiger partial charge in [-0.15, -0.1) is 15.3 Å². The summed E-state index contributed by atoms with van der Waals surface area (Å²) in [5.74, 6) is -0.271. The minimum Gasteiger partial charge on any atom is -0.505 e. The summed E-state index contributed by atoms with van der Waals surface area (Å²) in [4.78, 5) is -0.546. The zero-order valence-electron chi connectivity index (χ0n) is 24.2. The van der Waals surface area contributed by atoms with E-state index in [0.29, 0.717) is 18.8 Å². The molecule has 0 radical (unpaired) electrons. The number of benzene rings is 4. The number of phenolic OH excluding ortho intramolecular Hbond substituents is 1. The minimum absolute atomic E-state index is 0.0658. The third-order valence-corrected chi connectivity index (χ3v) is 9.51. The van der Waals surface area contributed by atoms with Gasteiger partial charge in [0.05, 0.1) is 24.8 Å². The second-order valence-electron chi connectivity index (χ2n) is 9.17. The van der Waals surface area contributed by atoms with Crippen LogP contribution in [0.1, 0.15) is 13.8 Å². The number of rotatable bonds is 11. The van der Waals surface area contributed by atoms with Crippen LogP contribution in [0.2, 0.25) is 0 Å². The number of anilines is 1. The van der Waals surface area contributed by atoms with E-state index >= 15 is 0 Å². The van der Waals surface area contributed by atoms with Crippen molar-refractivity contribution in [1.29, 1.82) is 0 Å². The van der Waals surface area contributed by atoms with Crippen LogP contribution in [-0.2, 0) is 20.1 Å². The molecule has 0 saturated carbocycles. The molecule has 0 aromatic heterocycles. The van der Waals surface area contributed by atoms with Crippen LogP contribution in [0.3, 0.4) is 0 Å². The molecule has 0 spiro atoms. The molecule has 0 fully saturated rings. The first kappa shape index (κ1) is 32.3. The van der Waals surface area contributed by atoms with Crippen molar-refractivity contribution in [3.63, 3.8) is 0 Å². The van der Waals surface area contributed by atoms with Gasteiger partial charge in [0.15, 0.2) is 5.75 Å². The van der Waals surface area contributed by atoms with Crippen molar-refractivity contribution in [2.75, 3.05) is 33.0 Å². The maximum absolute atomic E-state index is 12.7. The van der Waals surface area contributed by atoms with Gasteiger partial charge in [0.1, 0.15) is 33.5 Å². The van der Waals surface area contributed by atoms with Crippen molar-refractivity contribution < 1.29 is 36.0 Å². The van der Waals surface area contributed by atoms with Gasteiger partial charge in [-0.2, -0.15) is 17.8 Å². The van der Waals surface area contributed by atoms with Gasteiger partial charge in [0.25, 0.3) is 10.1 Å². The number of nitrogens with two attached hydrogens (primary N) is 1. The first-order valence-corrected chi connectivity index (χ1v) is 15.9. The lowest BCUT2D eigenvalue weighted by atomic mass is 10.1. The highest BCUT2D eigenvalue weighted by molar-refractivity contribution is 7.89. The van der Waals surface area contributed by atoms with E-state index in [0.717, 1.165) is 6.07 Å². The molecule has 0 unspecified atom stereocenters. The average molecular weight is 643 g/mol. The number of fused-ring (bicyclic) bond motifs is 1. The number of aromatic hydroxyl groups is 1. The number of phenols is 1. The average Bonchev–Trinajstić information content (AvgIpc) is 2.99. The maximum atomic E-state index is 12.7. The SMILES string of the molecule is CCN(CC)S(=O)(=O)c1ccc(N=Nc2cc(OC)c(N=Nc3c(S(=O)(=O)O)cc4cccc(N)c4c3O)cc2OC)cc1. The zero-order valence-corrected chi connectivity index (χ0v) is 25.8. The standard InChI is InChI=1S/C28H30N6O8S2/c1-5-34(6-2)43(36,37)19-12-10-18(11-13-19)30-31-21-15-24(42-4)22(16-23(21)41-3)32-33-27-25(44(38,39)40)14-17-8-7-9-20(29)26(17)28(27)35/h7-16,35H,5-6,29H2,1-4H3,(H,38,39,40). The lowest BCUT2D eigenvalue weighted by molar-refractivity contribution is 0.405. The first-order chi connectivity index (χ1) is 20.8. The summed E-state index contributed by atoms with van der Waals surface area (Å²) in [7, 11) is -5.72. The number of hydrogen-bond donors (Lipinski definition) is 3. The summed E-state index contributed by atoms with van der Waals surface area (Å²) >= 11 is 0. The second-order valence-corrected chi connectivity index (χ2v) is 12.5. The molecular formula is C28H30N6O8S2. The molecule has 4 aromatic rings. The van der Waals surface area contributed by atoms with Gasteiger partial charge in [-0.05, 0) is 41.8 Å². The second kappa shape index (κ2) is 12.9. The van der Waals surface area contributed by atoms with E-state index in [1.54, 1.807) is 19.9 Å². The Morgan fingerprint density at radius 3 is 1.91 bits per heavy atom. The number of nitrogens with zero attached hydrogens (tertiary/aromatic N) is 5. The summed E-state index contributed by atoms with van der Waals surface area (Å²) in [6.45, 7) is 4.21. The number of hydrogen-bond acceptors (Lipinski definition) is 12. The quantitative estimate of drug-likeness (QED) is 0.0958. The minimum atomic E-state index is -4.83. The van der Waals surface area contributed by atoms with Crippen molar-refractivity contribution in [1.82, 2.24) is 4.31 Å². The fraction of sp³-hybridized carbons (Fsp3) is 0.214. The number of azo groups is 2. The van der Waals surface area contributed by atoms with Crippen LogP contribution in [-0.4, -0.2) is 58.1 Å². The Morgan fingerprint density at radius 2 is 1.39 bits per heavy atom. The van der Waals surface area contributed by atoms with Crippen molar-refractivity contribution in [2.24, 2.45) is 20.5 Å². The molecule has 16 heteroatoms. The van der Waals surface area contributed by atoms with Gasteiger partial charge in [-0.25, -0.2) is 8.42 Å². The molecule has 4 aromatic carbocycles. The molecule has 0 amide bonds. The lowest BCUT2D eigenvalue weighted by Gasteiger charge is -2.18. The molecule has 0 aliphatic carbocycles. The van der Waals surface area contributed by atoms with Crippen molar-refractivity contribution in [2.45, 2.75) is 23.6 Å². The highest BCUT2D eigenvalue weighted by Crippen LogP contribution is 2.45. The van der Waals surface area contributed by atoms with E-state index in [4.69, 9.17) is 15.2 Å². The Hall–Kier alpha value is -4.64. The van der Waals surface area contributed by atoms with Crippen LogP contribution in [0.5, 0.6) is 17.2 Å². The van der Waals surface area contributed by atoms with Crippen LogP contribution in [0, 0.1) is 0 Å². The Balaban J connectivity index is 1.71. The Bertz CT molecular complexity index is 1980. The van der Waals surface area contributed by atoms with E-state index in [1.165, 1.54) is 67.1 Å². The van der Waals surface area contributed by atoms with Crippen molar-refractivity contribution in [3.05, 3.63) is 60.7 Å². The van der Waals surface area contributed by atoms with Crippen LogP contribution < -0.4 is 15.2 Å². The van der Waals surface area contributed by atoms with Gasteiger partial charge in [0, 0.05) is 36.3 Å². The van der Waals surface area contributed by atoms with Gasteiger partial charge in [-0.3, -0.25) is 4.55 Å². The monoisotopic (exact) mass is 642 g/mol. The summed E-state index contributed by atoms with van der Waals surface area (Å²) in [5, 5.41) is 27.6. The number of sulfonamides is 1. The molecule has 44 heavy (non-hydrogen) atoms.